The number of carboxylic acid groups (broad SMARTS) is 2. The first-order valence-electron chi connectivity index (χ1n) is 10.8. The van der Waals surface area contributed by atoms with Crippen LogP contribution in [0.25, 0.3) is 0 Å². The fourth-order valence-electron chi connectivity index (χ4n) is 3.10. The standard InChI is InChI=1S/2C14H12O4.Mn/c2*15-12-7-3-1-5-10(12)9-18-13-8-4-2-6-11(13)14(16)17;/h2*1-8,15H,9H2,(H,16,17);/q;;+2/p-2. The molecule has 0 unspecified atom stereocenters. The van der Waals surface area contributed by atoms with Crippen molar-refractivity contribution in [2.45, 2.75) is 13.2 Å². The van der Waals surface area contributed by atoms with Gasteiger partial charge in [0.05, 0.1) is 11.9 Å². The first kappa shape index (κ1) is 28.8. The summed E-state index contributed by atoms with van der Waals surface area (Å²) in [5.41, 5.74) is 1.16. The molecule has 0 bridgehead atoms. The Bertz CT molecular complexity index is 1240. The molecule has 8 nitrogen and oxygen atoms in total. The molecule has 9 heteroatoms. The number of carboxylic acids is 2. The van der Waals surface area contributed by atoms with Crippen molar-refractivity contribution in [1.29, 1.82) is 0 Å². The van der Waals surface area contributed by atoms with Gasteiger partial charge in [-0.1, -0.05) is 60.7 Å². The molecular formula is C28H22MnO8. The number of hydrogen-bond donors (Lipinski definition) is 2. The summed E-state index contributed by atoms with van der Waals surface area (Å²) < 4.78 is 10.8. The third-order valence-corrected chi connectivity index (χ3v) is 4.96. The van der Waals surface area contributed by atoms with E-state index in [0.717, 1.165) is 0 Å². The van der Waals surface area contributed by atoms with Gasteiger partial charge >= 0.3 is 17.1 Å². The smallest absolute Gasteiger partial charge is 0.545 e. The van der Waals surface area contributed by atoms with Crippen LogP contribution >= 0.6 is 0 Å². The van der Waals surface area contributed by atoms with Crippen LogP contribution in [0.3, 0.4) is 0 Å². The van der Waals surface area contributed by atoms with Crippen molar-refractivity contribution in [2.75, 3.05) is 0 Å². The predicted octanol–water partition coefficient (Wildman–Crippen LogP) is 2.67. The molecule has 4 aromatic rings. The van der Waals surface area contributed by atoms with Crippen LogP contribution in [0.2, 0.25) is 0 Å². The Morgan fingerprint density at radius 3 is 1.24 bits per heavy atom. The molecule has 0 saturated carbocycles. The Kier molecular flexibility index (Phi) is 11.0. The monoisotopic (exact) mass is 541 g/mol. The van der Waals surface area contributed by atoms with Crippen LogP contribution in [-0.2, 0) is 30.3 Å². The first-order valence-corrected chi connectivity index (χ1v) is 10.8. The Balaban J connectivity index is 0.000000253. The van der Waals surface area contributed by atoms with E-state index >= 15 is 0 Å². The minimum absolute atomic E-state index is 0. The van der Waals surface area contributed by atoms with Gasteiger partial charge in [0.25, 0.3) is 0 Å². The number of carbonyl (C=O) groups is 2. The summed E-state index contributed by atoms with van der Waals surface area (Å²) in [7, 11) is 0. The summed E-state index contributed by atoms with van der Waals surface area (Å²) in [4.78, 5) is 21.7. The third-order valence-electron chi connectivity index (χ3n) is 4.96. The van der Waals surface area contributed by atoms with Gasteiger partial charge < -0.3 is 39.5 Å². The molecule has 0 heterocycles. The van der Waals surface area contributed by atoms with Gasteiger partial charge in [0.15, 0.2) is 0 Å². The summed E-state index contributed by atoms with van der Waals surface area (Å²) >= 11 is 0. The van der Waals surface area contributed by atoms with Crippen LogP contribution < -0.4 is 19.7 Å². The number of ether oxygens (including phenoxy) is 2. The van der Waals surface area contributed by atoms with E-state index in [1.54, 1.807) is 84.9 Å². The molecule has 189 valence electrons. The molecule has 0 atom stereocenters. The number of rotatable bonds is 8. The number of para-hydroxylation sites is 4. The Morgan fingerprint density at radius 2 is 0.892 bits per heavy atom. The molecule has 0 amide bonds. The van der Waals surface area contributed by atoms with Crippen molar-refractivity contribution in [3.05, 3.63) is 119 Å². The number of carbonyl (C=O) groups excluding carboxylic acids is 2. The minimum Gasteiger partial charge on any atom is -0.545 e. The van der Waals surface area contributed by atoms with Crippen molar-refractivity contribution in [3.63, 3.8) is 0 Å². The number of phenols is 2. The van der Waals surface area contributed by atoms with Crippen LogP contribution in [0, 0.1) is 0 Å². The number of hydrogen-bond acceptors (Lipinski definition) is 8. The Hall–Kier alpha value is -4.46. The second-order valence-electron chi connectivity index (χ2n) is 7.40. The SMILES string of the molecule is O=C([O-])c1ccccc1OCc1ccccc1O.O=C([O-])c1ccccc1OCc1ccccc1O.[Mn+2]. The van der Waals surface area contributed by atoms with Crippen molar-refractivity contribution in [2.24, 2.45) is 0 Å². The average Bonchev–Trinajstić information content (AvgIpc) is 2.88. The van der Waals surface area contributed by atoms with Crippen LogP contribution in [-0.4, -0.2) is 22.2 Å². The van der Waals surface area contributed by atoms with E-state index in [-0.39, 0.29) is 64.4 Å². The molecule has 0 aromatic heterocycles. The summed E-state index contributed by atoms with van der Waals surface area (Å²) in [5.74, 6) is -1.90. The number of benzene rings is 4. The second-order valence-corrected chi connectivity index (χ2v) is 7.40. The maximum absolute atomic E-state index is 10.9. The van der Waals surface area contributed by atoms with E-state index in [0.29, 0.717) is 11.1 Å². The zero-order valence-corrected chi connectivity index (χ0v) is 20.6. The molecular weight excluding hydrogens is 519 g/mol. The Labute approximate surface area is 223 Å². The van der Waals surface area contributed by atoms with Crippen molar-refractivity contribution < 1.29 is 56.6 Å². The molecule has 1 radical (unpaired) electrons. The van der Waals surface area contributed by atoms with Crippen molar-refractivity contribution >= 4 is 11.9 Å². The van der Waals surface area contributed by atoms with E-state index < -0.39 is 11.9 Å². The van der Waals surface area contributed by atoms with Crippen LogP contribution in [0.4, 0.5) is 0 Å². The van der Waals surface area contributed by atoms with Gasteiger partial charge in [0, 0.05) is 22.3 Å². The van der Waals surface area contributed by atoms with Gasteiger partial charge in [0.1, 0.15) is 36.2 Å². The third kappa shape index (κ3) is 8.31. The summed E-state index contributed by atoms with van der Waals surface area (Å²) in [6.45, 7) is 0.188. The molecule has 0 aliphatic rings. The van der Waals surface area contributed by atoms with Crippen molar-refractivity contribution in [3.8, 4) is 23.0 Å². The summed E-state index contributed by atoms with van der Waals surface area (Å²) in [5, 5.41) is 40.8. The molecule has 2 N–H and O–H groups in total. The van der Waals surface area contributed by atoms with Gasteiger partial charge in [-0.3, -0.25) is 0 Å². The molecule has 0 fully saturated rings. The van der Waals surface area contributed by atoms with E-state index in [2.05, 4.69) is 0 Å². The van der Waals surface area contributed by atoms with E-state index in [4.69, 9.17) is 9.47 Å². The number of phenolic OH excluding ortho intramolecular Hbond substituents is 2. The summed E-state index contributed by atoms with van der Waals surface area (Å²) in [6, 6.07) is 25.9. The van der Waals surface area contributed by atoms with Gasteiger partial charge in [-0.2, -0.15) is 0 Å². The quantitative estimate of drug-likeness (QED) is 0.325. The van der Waals surface area contributed by atoms with E-state index in [1.807, 2.05) is 0 Å². The van der Waals surface area contributed by atoms with Gasteiger partial charge in [-0.25, -0.2) is 0 Å². The zero-order chi connectivity index (χ0) is 25.9. The normalized spacial score (nSPS) is 9.73. The maximum Gasteiger partial charge on any atom is 2.00 e. The average molecular weight is 541 g/mol. The largest absolute Gasteiger partial charge is 2.00 e. The molecule has 0 aliphatic heterocycles. The topological polar surface area (TPSA) is 139 Å². The fraction of sp³-hybridized carbons (Fsp3) is 0.0714. The van der Waals surface area contributed by atoms with Gasteiger partial charge in [0.2, 0.25) is 0 Å². The molecule has 4 aromatic carbocycles. The van der Waals surface area contributed by atoms with Crippen LogP contribution in [0.1, 0.15) is 31.8 Å². The maximum atomic E-state index is 10.9. The molecule has 37 heavy (non-hydrogen) atoms. The second kappa shape index (κ2) is 14.2. The number of aromatic carboxylic acids is 2. The first-order chi connectivity index (χ1) is 17.4. The van der Waals surface area contributed by atoms with Crippen LogP contribution in [0.5, 0.6) is 23.0 Å². The van der Waals surface area contributed by atoms with E-state index in [9.17, 15) is 30.0 Å². The predicted molar refractivity (Wildman–Crippen MR) is 126 cm³/mol. The van der Waals surface area contributed by atoms with Crippen LogP contribution in [0.15, 0.2) is 97.1 Å². The molecule has 4 rings (SSSR count). The Morgan fingerprint density at radius 1 is 0.568 bits per heavy atom. The summed E-state index contributed by atoms with van der Waals surface area (Å²) in [6.07, 6.45) is 0. The number of aromatic hydroxyl groups is 2. The fourth-order valence-corrected chi connectivity index (χ4v) is 3.10. The van der Waals surface area contributed by atoms with E-state index in [1.165, 1.54) is 12.1 Å². The zero-order valence-electron chi connectivity index (χ0n) is 19.4. The van der Waals surface area contributed by atoms with Gasteiger partial charge in [-0.05, 0) is 36.4 Å². The minimum atomic E-state index is -1.29. The van der Waals surface area contributed by atoms with Gasteiger partial charge in [-0.15, -0.1) is 0 Å². The molecule has 0 aliphatic carbocycles. The molecule has 0 saturated heterocycles. The molecule has 0 spiro atoms. The van der Waals surface area contributed by atoms with Crippen molar-refractivity contribution in [1.82, 2.24) is 0 Å².